The summed E-state index contributed by atoms with van der Waals surface area (Å²) in [5.74, 6) is 0.701. The molecule has 4 heteroatoms. The minimum absolute atomic E-state index is 0.493. The molecule has 0 fully saturated rings. The highest BCUT2D eigenvalue weighted by Gasteiger charge is 2.09. The zero-order chi connectivity index (χ0) is 8.39. The predicted molar refractivity (Wildman–Crippen MR) is 48.4 cm³/mol. The monoisotopic (exact) mass is 181 g/mol. The first kappa shape index (κ1) is 7.55. The first-order valence-corrected chi connectivity index (χ1v) is 4.12. The van der Waals surface area contributed by atoms with E-state index in [9.17, 15) is 0 Å². The van der Waals surface area contributed by atoms with Crippen LogP contribution in [0.4, 0.5) is 5.95 Å². The fourth-order valence-corrected chi connectivity index (χ4v) is 1.25. The van der Waals surface area contributed by atoms with Crippen molar-refractivity contribution in [2.24, 2.45) is 0 Å². The summed E-state index contributed by atoms with van der Waals surface area (Å²) in [4.78, 5) is 10.3. The average molecular weight is 182 g/mol. The van der Waals surface area contributed by atoms with Gasteiger partial charge in [-0.25, -0.2) is 9.97 Å². The summed E-state index contributed by atoms with van der Waals surface area (Å²) in [6.07, 6.45) is 5.84. The lowest BCUT2D eigenvalue weighted by Gasteiger charge is -2.13. The second-order valence-electron chi connectivity index (χ2n) is 2.56. The van der Waals surface area contributed by atoms with Gasteiger partial charge in [-0.15, -0.1) is 0 Å². The van der Waals surface area contributed by atoms with Crippen molar-refractivity contribution in [1.29, 1.82) is 0 Å². The van der Waals surface area contributed by atoms with Crippen molar-refractivity contribution in [3.8, 4) is 0 Å². The highest BCUT2D eigenvalue weighted by atomic mass is 35.5. The second kappa shape index (κ2) is 3.11. The molecule has 0 amide bonds. The van der Waals surface area contributed by atoms with Crippen molar-refractivity contribution in [1.82, 2.24) is 9.97 Å². The van der Waals surface area contributed by atoms with Crippen LogP contribution in [0, 0.1) is 0 Å². The topological polar surface area (TPSA) is 29.0 Å². The number of anilines is 1. The maximum Gasteiger partial charge on any atom is 0.227 e. The quantitative estimate of drug-likeness (QED) is 0.486. The summed E-state index contributed by atoms with van der Waals surface area (Å²) in [5, 5.41) is 0.493. The Morgan fingerprint density at radius 1 is 1.33 bits per heavy atom. The number of nitrogens with zero attached hydrogens (tertiary/aromatic N) is 3. The third kappa shape index (κ3) is 1.41. The van der Waals surface area contributed by atoms with Crippen molar-refractivity contribution < 1.29 is 0 Å². The number of hydrogen-bond donors (Lipinski definition) is 0. The van der Waals surface area contributed by atoms with Gasteiger partial charge in [0.15, 0.2) is 0 Å². The Labute approximate surface area is 75.7 Å². The molecule has 2 heterocycles. The number of hydrogen-bond acceptors (Lipinski definition) is 3. The lowest BCUT2D eigenvalue weighted by Crippen LogP contribution is -2.20. The number of halogens is 1. The summed E-state index contributed by atoms with van der Waals surface area (Å²) >= 11 is 5.73. The summed E-state index contributed by atoms with van der Waals surface area (Å²) in [6.45, 7) is 1.75. The molecule has 0 atom stereocenters. The molecule has 0 aliphatic carbocycles. The largest absolute Gasteiger partial charge is 0.333 e. The van der Waals surface area contributed by atoms with E-state index in [4.69, 9.17) is 11.6 Å². The molecule has 0 N–H and O–H groups in total. The van der Waals surface area contributed by atoms with E-state index in [-0.39, 0.29) is 0 Å². The molecular weight excluding hydrogens is 174 g/mol. The van der Waals surface area contributed by atoms with E-state index >= 15 is 0 Å². The highest BCUT2D eigenvalue weighted by Crippen LogP contribution is 2.12. The Morgan fingerprint density at radius 2 is 2.08 bits per heavy atom. The van der Waals surface area contributed by atoms with Gasteiger partial charge < -0.3 is 4.90 Å². The maximum absolute atomic E-state index is 5.73. The average Bonchev–Trinajstić information content (AvgIpc) is 2.56. The van der Waals surface area contributed by atoms with Crippen LogP contribution in [0.15, 0.2) is 24.4 Å². The van der Waals surface area contributed by atoms with E-state index in [1.54, 1.807) is 12.3 Å². The van der Waals surface area contributed by atoms with Crippen LogP contribution in [-0.4, -0.2) is 23.1 Å². The van der Waals surface area contributed by atoms with Crippen LogP contribution in [0.3, 0.4) is 0 Å². The predicted octanol–water partition coefficient (Wildman–Crippen LogP) is 1.51. The van der Waals surface area contributed by atoms with Crippen LogP contribution in [0.2, 0.25) is 5.15 Å². The van der Waals surface area contributed by atoms with E-state index in [0.29, 0.717) is 11.1 Å². The standard InChI is InChI=1S/C8H8ClN3/c9-7-3-4-10-8(11-7)12-5-1-2-6-12/h1-4H,5-6H2. The van der Waals surface area contributed by atoms with Crippen LogP contribution >= 0.6 is 11.6 Å². The lowest BCUT2D eigenvalue weighted by molar-refractivity contribution is 0.924. The van der Waals surface area contributed by atoms with Gasteiger partial charge in [0, 0.05) is 19.3 Å². The maximum atomic E-state index is 5.73. The zero-order valence-electron chi connectivity index (χ0n) is 6.44. The van der Waals surface area contributed by atoms with Crippen molar-refractivity contribution in [2.75, 3.05) is 18.0 Å². The smallest absolute Gasteiger partial charge is 0.227 e. The first-order valence-electron chi connectivity index (χ1n) is 3.75. The van der Waals surface area contributed by atoms with Gasteiger partial charge in [-0.2, -0.15) is 0 Å². The zero-order valence-corrected chi connectivity index (χ0v) is 7.20. The Kier molecular flexibility index (Phi) is 1.96. The molecule has 12 heavy (non-hydrogen) atoms. The molecule has 0 saturated carbocycles. The third-order valence-electron chi connectivity index (χ3n) is 1.71. The van der Waals surface area contributed by atoms with E-state index in [1.165, 1.54) is 0 Å². The molecular formula is C8H8ClN3. The summed E-state index contributed by atoms with van der Waals surface area (Å²) in [6, 6.07) is 1.68. The summed E-state index contributed by atoms with van der Waals surface area (Å²) < 4.78 is 0. The van der Waals surface area contributed by atoms with Gasteiger partial charge in [-0.3, -0.25) is 0 Å². The summed E-state index contributed by atoms with van der Waals surface area (Å²) in [5.41, 5.74) is 0. The Balaban J connectivity index is 2.22. The van der Waals surface area contributed by atoms with E-state index < -0.39 is 0 Å². The van der Waals surface area contributed by atoms with Gasteiger partial charge >= 0.3 is 0 Å². The molecule has 0 spiro atoms. The van der Waals surface area contributed by atoms with Crippen LogP contribution in [-0.2, 0) is 0 Å². The normalized spacial score (nSPS) is 15.6. The summed E-state index contributed by atoms with van der Waals surface area (Å²) in [7, 11) is 0. The molecule has 3 nitrogen and oxygen atoms in total. The molecule has 0 aromatic carbocycles. The minimum Gasteiger partial charge on any atom is -0.333 e. The van der Waals surface area contributed by atoms with E-state index in [2.05, 4.69) is 22.1 Å². The molecule has 1 aromatic heterocycles. The fourth-order valence-electron chi connectivity index (χ4n) is 1.12. The van der Waals surface area contributed by atoms with Crippen LogP contribution in [0.25, 0.3) is 0 Å². The second-order valence-corrected chi connectivity index (χ2v) is 2.94. The van der Waals surface area contributed by atoms with Crippen molar-refractivity contribution in [3.63, 3.8) is 0 Å². The lowest BCUT2D eigenvalue weighted by atomic mass is 10.6. The molecule has 1 aliphatic rings. The Morgan fingerprint density at radius 3 is 2.75 bits per heavy atom. The minimum atomic E-state index is 0.493. The Bertz CT molecular complexity index is 303. The highest BCUT2D eigenvalue weighted by molar-refractivity contribution is 6.29. The van der Waals surface area contributed by atoms with Crippen molar-refractivity contribution >= 4 is 17.5 Å². The van der Waals surface area contributed by atoms with Crippen LogP contribution in [0.1, 0.15) is 0 Å². The van der Waals surface area contributed by atoms with Gasteiger partial charge in [-0.1, -0.05) is 23.8 Å². The molecule has 0 radical (unpaired) electrons. The molecule has 1 aliphatic heterocycles. The van der Waals surface area contributed by atoms with E-state index in [1.807, 2.05) is 4.90 Å². The SMILES string of the molecule is Clc1ccnc(N2CC=CC2)n1. The third-order valence-corrected chi connectivity index (χ3v) is 1.92. The van der Waals surface area contributed by atoms with Gasteiger partial charge in [0.1, 0.15) is 5.15 Å². The van der Waals surface area contributed by atoms with E-state index in [0.717, 1.165) is 13.1 Å². The van der Waals surface area contributed by atoms with Crippen LogP contribution < -0.4 is 4.90 Å². The fraction of sp³-hybridized carbons (Fsp3) is 0.250. The van der Waals surface area contributed by atoms with Crippen molar-refractivity contribution in [2.45, 2.75) is 0 Å². The molecule has 0 saturated heterocycles. The molecule has 2 rings (SSSR count). The first-order chi connectivity index (χ1) is 5.86. The molecule has 1 aromatic rings. The molecule has 0 bridgehead atoms. The van der Waals surface area contributed by atoms with Crippen molar-refractivity contribution in [3.05, 3.63) is 29.6 Å². The number of rotatable bonds is 1. The molecule has 62 valence electrons. The van der Waals surface area contributed by atoms with Crippen LogP contribution in [0.5, 0.6) is 0 Å². The van der Waals surface area contributed by atoms with Gasteiger partial charge in [-0.05, 0) is 6.07 Å². The Hall–Kier alpha value is -1.09. The van der Waals surface area contributed by atoms with Gasteiger partial charge in [0.2, 0.25) is 5.95 Å². The number of aromatic nitrogens is 2. The molecule has 0 unspecified atom stereocenters. The van der Waals surface area contributed by atoms with Gasteiger partial charge in [0.05, 0.1) is 0 Å². The van der Waals surface area contributed by atoms with Gasteiger partial charge in [0.25, 0.3) is 0 Å².